The Kier molecular flexibility index (Phi) is 56.3. The van der Waals surface area contributed by atoms with Crippen molar-refractivity contribution in [1.82, 2.24) is 0 Å². The van der Waals surface area contributed by atoms with Crippen LogP contribution in [0.3, 0.4) is 0 Å². The van der Waals surface area contributed by atoms with Gasteiger partial charge in [0.15, 0.2) is 6.10 Å². The second-order valence-corrected chi connectivity index (χ2v) is 19.9. The van der Waals surface area contributed by atoms with E-state index in [1.165, 1.54) is 128 Å². The molecule has 0 aromatic carbocycles. The van der Waals surface area contributed by atoms with E-state index in [4.69, 9.17) is 14.2 Å². The van der Waals surface area contributed by atoms with Crippen LogP contribution in [0.15, 0.2) is 85.1 Å². The Morgan fingerprint density at radius 2 is 0.549 bits per heavy atom. The minimum atomic E-state index is -0.785. The molecular weight excluding hydrogens is 877 g/mol. The van der Waals surface area contributed by atoms with Crippen molar-refractivity contribution >= 4 is 17.9 Å². The lowest BCUT2D eigenvalue weighted by atomic mass is 10.0. The molecule has 0 radical (unpaired) electrons. The number of carbonyl (C=O) groups is 3. The minimum Gasteiger partial charge on any atom is -0.462 e. The predicted molar refractivity (Wildman–Crippen MR) is 307 cm³/mol. The Labute approximate surface area is 439 Å². The maximum absolute atomic E-state index is 12.9. The molecule has 1 atom stereocenters. The summed E-state index contributed by atoms with van der Waals surface area (Å²) in [7, 11) is 0. The average Bonchev–Trinajstić information content (AvgIpc) is 3.37. The van der Waals surface area contributed by atoms with Crippen molar-refractivity contribution in [3.8, 4) is 0 Å². The first-order chi connectivity index (χ1) is 35.0. The fraction of sp³-hybridized carbons (Fsp3) is 0.738. The Morgan fingerprint density at radius 1 is 0.296 bits per heavy atom. The van der Waals surface area contributed by atoms with Gasteiger partial charge in [-0.1, -0.05) is 266 Å². The van der Waals surface area contributed by atoms with Crippen LogP contribution in [0, 0.1) is 0 Å². The van der Waals surface area contributed by atoms with E-state index < -0.39 is 6.10 Å². The lowest BCUT2D eigenvalue weighted by Crippen LogP contribution is -2.30. The van der Waals surface area contributed by atoms with Crippen LogP contribution in [-0.4, -0.2) is 37.2 Å². The molecule has 0 heterocycles. The Hall–Kier alpha value is -3.41. The van der Waals surface area contributed by atoms with Crippen molar-refractivity contribution in [2.45, 2.75) is 297 Å². The number of allylic oxidation sites excluding steroid dienone is 14. The van der Waals surface area contributed by atoms with Gasteiger partial charge in [-0.15, -0.1) is 0 Å². The number of ether oxygens (including phenoxy) is 3. The molecule has 408 valence electrons. The lowest BCUT2D eigenvalue weighted by molar-refractivity contribution is -0.167. The highest BCUT2D eigenvalue weighted by Crippen LogP contribution is 2.16. The van der Waals surface area contributed by atoms with Crippen molar-refractivity contribution < 1.29 is 28.6 Å². The molecule has 0 aromatic heterocycles. The van der Waals surface area contributed by atoms with Crippen molar-refractivity contribution in [3.63, 3.8) is 0 Å². The standard InChI is InChI=1S/C65H112O6/c1-4-7-10-13-16-19-22-25-27-28-29-30-31-32-33-34-35-36-38-40-43-46-49-52-55-58-64(67)70-61-62(60-69-63(66)57-54-51-48-45-42-39-24-21-18-15-12-9-6-3)71-65(68)59-56-53-50-47-44-41-37-26-23-20-17-14-11-8-5-2/h7-8,10-11,16-17,19-20,25-27,29-30,37,62H,4-6,9,12-15,18,21-24,28,31-36,38-61H2,1-3H3/b10-7-,11-8-,19-16-,20-17-,27-25-,30-29-,37-26-. The first kappa shape index (κ1) is 67.6. The summed E-state index contributed by atoms with van der Waals surface area (Å²) in [6, 6.07) is 0. The third kappa shape index (κ3) is 57.4. The zero-order valence-electron chi connectivity index (χ0n) is 46.7. The molecule has 0 fully saturated rings. The summed E-state index contributed by atoms with van der Waals surface area (Å²) < 4.78 is 16.9. The number of rotatable bonds is 54. The van der Waals surface area contributed by atoms with Crippen molar-refractivity contribution in [2.24, 2.45) is 0 Å². The van der Waals surface area contributed by atoms with Crippen LogP contribution in [0.25, 0.3) is 0 Å². The van der Waals surface area contributed by atoms with Gasteiger partial charge >= 0.3 is 17.9 Å². The first-order valence-corrected chi connectivity index (χ1v) is 30.1. The smallest absolute Gasteiger partial charge is 0.306 e. The van der Waals surface area contributed by atoms with Crippen LogP contribution in [0.1, 0.15) is 290 Å². The molecule has 0 N–H and O–H groups in total. The normalized spacial score (nSPS) is 12.7. The van der Waals surface area contributed by atoms with Gasteiger partial charge in [0.2, 0.25) is 0 Å². The van der Waals surface area contributed by atoms with E-state index in [9.17, 15) is 14.4 Å². The Balaban J connectivity index is 4.29. The quantitative estimate of drug-likeness (QED) is 0.0261. The van der Waals surface area contributed by atoms with Crippen LogP contribution in [0.5, 0.6) is 0 Å². The van der Waals surface area contributed by atoms with Gasteiger partial charge in [-0.05, 0) is 89.9 Å². The molecule has 0 saturated carbocycles. The molecule has 0 spiro atoms. The number of unbranched alkanes of at least 4 members (excludes halogenated alkanes) is 29. The highest BCUT2D eigenvalue weighted by atomic mass is 16.6. The molecule has 0 aliphatic carbocycles. The maximum atomic E-state index is 12.9. The van der Waals surface area contributed by atoms with Gasteiger partial charge in [0, 0.05) is 19.3 Å². The molecule has 0 amide bonds. The molecule has 0 aliphatic rings. The highest BCUT2D eigenvalue weighted by molar-refractivity contribution is 5.71. The van der Waals surface area contributed by atoms with E-state index in [0.29, 0.717) is 19.3 Å². The maximum Gasteiger partial charge on any atom is 0.306 e. The van der Waals surface area contributed by atoms with Crippen molar-refractivity contribution in [2.75, 3.05) is 13.2 Å². The largest absolute Gasteiger partial charge is 0.462 e. The molecular formula is C65H112O6. The van der Waals surface area contributed by atoms with Crippen LogP contribution < -0.4 is 0 Å². The third-order valence-corrected chi connectivity index (χ3v) is 12.9. The van der Waals surface area contributed by atoms with Crippen LogP contribution in [0.4, 0.5) is 0 Å². The van der Waals surface area contributed by atoms with Gasteiger partial charge in [-0.25, -0.2) is 0 Å². The Bertz CT molecular complexity index is 1370. The molecule has 6 heteroatoms. The molecule has 0 saturated heterocycles. The van der Waals surface area contributed by atoms with E-state index in [-0.39, 0.29) is 31.1 Å². The van der Waals surface area contributed by atoms with Crippen LogP contribution >= 0.6 is 0 Å². The number of hydrogen-bond donors (Lipinski definition) is 0. The molecule has 6 nitrogen and oxygen atoms in total. The van der Waals surface area contributed by atoms with Gasteiger partial charge in [0.25, 0.3) is 0 Å². The Morgan fingerprint density at radius 3 is 0.859 bits per heavy atom. The van der Waals surface area contributed by atoms with E-state index in [0.717, 1.165) is 122 Å². The number of esters is 3. The van der Waals surface area contributed by atoms with E-state index >= 15 is 0 Å². The highest BCUT2D eigenvalue weighted by Gasteiger charge is 2.19. The summed E-state index contributed by atoms with van der Waals surface area (Å²) in [6.07, 6.45) is 77.2. The molecule has 0 bridgehead atoms. The molecule has 0 aliphatic heterocycles. The SMILES string of the molecule is CC/C=C\C/C=C\C/C=C\C/C=C\CCCCCCCCCCCCCCC(=O)OCC(COC(=O)CCCCCCCCCCCCCCC)OC(=O)CCCCCCC/C=C\C/C=C\C/C=C\CC. The fourth-order valence-corrected chi connectivity index (χ4v) is 8.45. The van der Waals surface area contributed by atoms with Crippen molar-refractivity contribution in [3.05, 3.63) is 85.1 Å². The van der Waals surface area contributed by atoms with E-state index in [1.54, 1.807) is 0 Å². The van der Waals surface area contributed by atoms with Gasteiger partial charge in [-0.2, -0.15) is 0 Å². The summed E-state index contributed by atoms with van der Waals surface area (Å²) in [5.74, 6) is -0.891. The summed E-state index contributed by atoms with van der Waals surface area (Å²) in [5.41, 5.74) is 0. The lowest BCUT2D eigenvalue weighted by Gasteiger charge is -2.18. The van der Waals surface area contributed by atoms with Gasteiger partial charge < -0.3 is 14.2 Å². The summed E-state index contributed by atoms with van der Waals surface area (Å²) in [5, 5.41) is 0. The minimum absolute atomic E-state index is 0.0812. The molecule has 71 heavy (non-hydrogen) atoms. The van der Waals surface area contributed by atoms with Crippen molar-refractivity contribution in [1.29, 1.82) is 0 Å². The van der Waals surface area contributed by atoms with Gasteiger partial charge in [0.1, 0.15) is 13.2 Å². The summed E-state index contributed by atoms with van der Waals surface area (Å²) in [6.45, 7) is 6.42. The molecule has 0 aromatic rings. The monoisotopic (exact) mass is 989 g/mol. The van der Waals surface area contributed by atoms with Crippen LogP contribution in [-0.2, 0) is 28.6 Å². The van der Waals surface area contributed by atoms with E-state index in [1.807, 2.05) is 0 Å². The van der Waals surface area contributed by atoms with Crippen LogP contribution in [0.2, 0.25) is 0 Å². The number of carbonyl (C=O) groups excluding carboxylic acids is 3. The zero-order chi connectivity index (χ0) is 51.4. The van der Waals surface area contributed by atoms with E-state index in [2.05, 4.69) is 106 Å². The topological polar surface area (TPSA) is 78.9 Å². The zero-order valence-corrected chi connectivity index (χ0v) is 46.7. The molecule has 0 rings (SSSR count). The number of hydrogen-bond acceptors (Lipinski definition) is 6. The molecule has 1 unspecified atom stereocenters. The average molecular weight is 990 g/mol. The fourth-order valence-electron chi connectivity index (χ4n) is 8.45. The summed E-state index contributed by atoms with van der Waals surface area (Å²) in [4.78, 5) is 38.2. The van der Waals surface area contributed by atoms with Gasteiger partial charge in [-0.3, -0.25) is 14.4 Å². The third-order valence-electron chi connectivity index (χ3n) is 12.9. The summed E-state index contributed by atoms with van der Waals surface area (Å²) >= 11 is 0. The second kappa shape index (κ2) is 59.2. The second-order valence-electron chi connectivity index (χ2n) is 19.9. The van der Waals surface area contributed by atoms with Gasteiger partial charge in [0.05, 0.1) is 0 Å². The first-order valence-electron chi connectivity index (χ1n) is 30.1. The predicted octanol–water partition coefficient (Wildman–Crippen LogP) is 20.3.